The van der Waals surface area contributed by atoms with Crippen molar-refractivity contribution in [3.8, 4) is 0 Å². The Morgan fingerprint density at radius 3 is 1.57 bits per heavy atom. The maximum Gasteiger partial charge on any atom is -0.171 e. The van der Waals surface area contributed by atoms with Gasteiger partial charge in [-0.2, -0.15) is 36.4 Å². The first-order chi connectivity index (χ1) is 3.00. The second-order valence-corrected chi connectivity index (χ2v) is 1.08. The Hall–Kier alpha value is -0.131. The minimum Gasteiger partial charge on any atom is -0.184 e. The molecule has 0 aliphatic rings. The second kappa shape index (κ2) is 4.04. The predicted octanol–water partition coefficient (Wildman–Crippen LogP) is 1.22. The van der Waals surface area contributed by atoms with Gasteiger partial charge in [0.15, 0.2) is 0 Å². The number of rotatable bonds is 0. The molecule has 1 aromatic carbocycles. The Morgan fingerprint density at radius 1 is 0.857 bits per heavy atom. The van der Waals surface area contributed by atoms with E-state index in [-0.39, 0.29) is 20.1 Å². The Balaban J connectivity index is 0.000000360. The van der Waals surface area contributed by atoms with Gasteiger partial charge in [-0.05, 0) is 0 Å². The van der Waals surface area contributed by atoms with Gasteiger partial charge in [-0.3, -0.25) is 0 Å². The zero-order chi connectivity index (χ0) is 4.24. The Labute approximate surface area is 56.9 Å². The summed E-state index contributed by atoms with van der Waals surface area (Å²) >= 11 is 0. The molecule has 0 saturated heterocycles. The minimum absolute atomic E-state index is 0. The van der Waals surface area contributed by atoms with Gasteiger partial charge in [-0.15, -0.1) is 0 Å². The van der Waals surface area contributed by atoms with Gasteiger partial charge in [0.2, 0.25) is 0 Å². The van der Waals surface area contributed by atoms with Gasteiger partial charge in [-0.1, -0.05) is 0 Å². The van der Waals surface area contributed by atoms with Crippen LogP contribution < -0.4 is 0 Å². The number of hydrogen-bond donors (Lipinski definition) is 0. The molecule has 0 bridgehead atoms. The van der Waals surface area contributed by atoms with Crippen molar-refractivity contribution in [2.45, 2.75) is 0 Å². The molecule has 0 nitrogen and oxygen atoms in total. The molecule has 0 aliphatic heterocycles. The zero-order valence-electron chi connectivity index (χ0n) is 3.74. The molecule has 1 rings (SSSR count). The summed E-state index contributed by atoms with van der Waals surface area (Å²) in [6.07, 6.45) is 0. The summed E-state index contributed by atoms with van der Waals surface area (Å²) in [6.45, 7) is 0. The van der Waals surface area contributed by atoms with E-state index in [2.05, 4.69) is 6.07 Å². The zero-order valence-corrected chi connectivity index (χ0v) is 6.28. The van der Waals surface area contributed by atoms with Crippen LogP contribution in [-0.4, -0.2) is 0 Å². The first kappa shape index (κ1) is 6.87. The predicted molar refractivity (Wildman–Crippen MR) is 26.7 cm³/mol. The fourth-order valence-corrected chi connectivity index (χ4v) is 0.342. The van der Waals surface area contributed by atoms with Crippen LogP contribution in [0, 0.1) is 6.07 Å². The van der Waals surface area contributed by atoms with Crippen molar-refractivity contribution in [3.63, 3.8) is 0 Å². The topological polar surface area (TPSA) is 0 Å². The molecule has 0 spiro atoms. The van der Waals surface area contributed by atoms with Crippen LogP contribution in [0.5, 0.6) is 0 Å². The summed E-state index contributed by atoms with van der Waals surface area (Å²) in [5.74, 6) is 0. The molecule has 0 fully saturated rings. The maximum atomic E-state index is 2.89. The van der Waals surface area contributed by atoms with Crippen LogP contribution in [0.25, 0.3) is 0 Å². The van der Waals surface area contributed by atoms with Crippen LogP contribution in [0.2, 0.25) is 0 Å². The number of hydrogen-bond acceptors (Lipinski definition) is 0. The van der Waals surface area contributed by atoms with Crippen molar-refractivity contribution >= 4 is 0 Å². The van der Waals surface area contributed by atoms with Gasteiger partial charge in [0, 0.05) is 0 Å². The molecule has 0 N–H and O–H groups in total. The van der Waals surface area contributed by atoms with E-state index in [0.29, 0.717) is 0 Å². The average molecular weight is 270 g/mol. The van der Waals surface area contributed by atoms with Gasteiger partial charge in [-0.25, -0.2) is 0 Å². The summed E-state index contributed by atoms with van der Waals surface area (Å²) in [4.78, 5) is 0. The summed E-state index contributed by atoms with van der Waals surface area (Å²) in [6, 6.07) is 12.5. The molecular formula is C6H6Ir+. The fourth-order valence-electron chi connectivity index (χ4n) is 0.342. The SMILES string of the molecule is [IrH+2].[c-]1ccccc1. The Kier molecular flexibility index (Phi) is 3.96. The normalized spacial score (nSPS) is 6.86. The van der Waals surface area contributed by atoms with Crippen LogP contribution in [0.1, 0.15) is 0 Å². The van der Waals surface area contributed by atoms with Gasteiger partial charge in [0.1, 0.15) is 0 Å². The van der Waals surface area contributed by atoms with Gasteiger partial charge >= 0.3 is 20.1 Å². The van der Waals surface area contributed by atoms with E-state index in [4.69, 9.17) is 0 Å². The largest absolute Gasteiger partial charge is 0.184 e. The monoisotopic (exact) mass is 271 g/mol. The number of benzene rings is 1. The summed E-state index contributed by atoms with van der Waals surface area (Å²) in [5.41, 5.74) is 0. The molecule has 0 heterocycles. The average Bonchev–Trinajstić information content (AvgIpc) is 1.72. The van der Waals surface area contributed by atoms with Crippen LogP contribution in [0.4, 0.5) is 0 Å². The molecule has 0 saturated carbocycles. The molecule has 0 atom stereocenters. The van der Waals surface area contributed by atoms with Crippen molar-refractivity contribution < 1.29 is 20.1 Å². The van der Waals surface area contributed by atoms with E-state index in [1.807, 2.05) is 30.3 Å². The van der Waals surface area contributed by atoms with Crippen molar-refractivity contribution in [2.24, 2.45) is 0 Å². The van der Waals surface area contributed by atoms with Crippen LogP contribution in [0.15, 0.2) is 30.3 Å². The molecule has 0 unspecified atom stereocenters. The first-order valence-electron chi connectivity index (χ1n) is 1.91. The van der Waals surface area contributed by atoms with Crippen molar-refractivity contribution in [1.29, 1.82) is 0 Å². The Bertz CT molecular complexity index is 76.1. The quantitative estimate of drug-likeness (QED) is 0.622. The minimum atomic E-state index is 0. The van der Waals surface area contributed by atoms with E-state index in [0.717, 1.165) is 0 Å². The molecule has 0 aliphatic carbocycles. The molecule has 0 aromatic heterocycles. The molecule has 1 aromatic rings. The van der Waals surface area contributed by atoms with E-state index in [1.165, 1.54) is 0 Å². The van der Waals surface area contributed by atoms with E-state index < -0.39 is 0 Å². The molecule has 1 radical (unpaired) electrons. The van der Waals surface area contributed by atoms with Crippen LogP contribution in [-0.2, 0) is 20.1 Å². The van der Waals surface area contributed by atoms with Gasteiger partial charge < -0.3 is 0 Å². The molecule has 7 heavy (non-hydrogen) atoms. The standard InChI is InChI=1S/C6H5.Ir.H/c1-2-4-6-5-3-1;;/h1-5H;;/q-1;+2;. The van der Waals surface area contributed by atoms with Crippen molar-refractivity contribution in [2.75, 3.05) is 0 Å². The summed E-state index contributed by atoms with van der Waals surface area (Å²) < 4.78 is 0. The van der Waals surface area contributed by atoms with Gasteiger partial charge in [0.25, 0.3) is 0 Å². The van der Waals surface area contributed by atoms with Crippen molar-refractivity contribution in [1.82, 2.24) is 0 Å². The third-order valence-electron chi connectivity index (χ3n) is 0.607. The molecule has 1 heteroatoms. The summed E-state index contributed by atoms with van der Waals surface area (Å²) in [7, 11) is 0. The molecular weight excluding hydrogens is 264 g/mol. The first-order valence-corrected chi connectivity index (χ1v) is 1.91. The van der Waals surface area contributed by atoms with E-state index >= 15 is 0 Å². The van der Waals surface area contributed by atoms with Gasteiger partial charge in [0.05, 0.1) is 0 Å². The summed E-state index contributed by atoms with van der Waals surface area (Å²) in [5, 5.41) is 0. The molecule has 0 amide bonds. The Morgan fingerprint density at radius 2 is 1.43 bits per heavy atom. The fraction of sp³-hybridized carbons (Fsp3) is 0. The third kappa shape index (κ3) is 2.55. The van der Waals surface area contributed by atoms with Crippen molar-refractivity contribution in [3.05, 3.63) is 36.4 Å². The van der Waals surface area contributed by atoms with Crippen LogP contribution >= 0.6 is 0 Å². The third-order valence-corrected chi connectivity index (χ3v) is 0.607. The van der Waals surface area contributed by atoms with E-state index in [9.17, 15) is 0 Å². The second-order valence-electron chi connectivity index (χ2n) is 1.08. The maximum absolute atomic E-state index is 2.89. The molecule has 38 valence electrons. The van der Waals surface area contributed by atoms with E-state index in [1.54, 1.807) is 0 Å². The van der Waals surface area contributed by atoms with Crippen LogP contribution in [0.3, 0.4) is 0 Å². The smallest absolute Gasteiger partial charge is 0.171 e.